The highest BCUT2D eigenvalue weighted by molar-refractivity contribution is 5.89. The van der Waals surface area contributed by atoms with Crippen LogP contribution in [-0.4, -0.2) is 35.1 Å². The van der Waals surface area contributed by atoms with Crippen molar-refractivity contribution < 1.29 is 9.72 Å². The largest absolute Gasteiger partial charge is 0.351 e. The molecular formula is C17H19N5O3. The molecule has 2 N–H and O–H groups in total. The summed E-state index contributed by atoms with van der Waals surface area (Å²) in [5.41, 5.74) is 0.747. The van der Waals surface area contributed by atoms with E-state index in [9.17, 15) is 14.9 Å². The van der Waals surface area contributed by atoms with Gasteiger partial charge in [-0.2, -0.15) is 0 Å². The first kappa shape index (κ1) is 16.7. The zero-order valence-electron chi connectivity index (χ0n) is 13.6. The van der Waals surface area contributed by atoms with E-state index < -0.39 is 4.92 Å². The van der Waals surface area contributed by atoms with Crippen LogP contribution in [0.1, 0.15) is 12.8 Å². The smallest absolute Gasteiger partial charge is 0.319 e. The molecule has 0 radical (unpaired) electrons. The first-order chi connectivity index (χ1) is 12.1. The number of rotatable bonds is 4. The number of carbonyl (C=O) groups excluding carboxylic acids is 1. The number of nitro groups is 1. The molecule has 1 fully saturated rings. The van der Waals surface area contributed by atoms with E-state index in [1.807, 2.05) is 35.2 Å². The van der Waals surface area contributed by atoms with Gasteiger partial charge in [0.15, 0.2) is 0 Å². The van der Waals surface area contributed by atoms with Gasteiger partial charge in [-0.1, -0.05) is 18.2 Å². The number of carbonyl (C=O) groups is 1. The zero-order valence-corrected chi connectivity index (χ0v) is 13.6. The van der Waals surface area contributed by atoms with Crippen molar-refractivity contribution >= 4 is 23.2 Å². The lowest BCUT2D eigenvalue weighted by molar-refractivity contribution is -0.384. The second kappa shape index (κ2) is 7.61. The second-order valence-electron chi connectivity index (χ2n) is 5.83. The normalized spacial score (nSPS) is 14.8. The van der Waals surface area contributed by atoms with E-state index in [2.05, 4.69) is 15.6 Å². The van der Waals surface area contributed by atoms with Gasteiger partial charge in [0.25, 0.3) is 0 Å². The predicted octanol–water partition coefficient (Wildman–Crippen LogP) is 2.78. The summed E-state index contributed by atoms with van der Waals surface area (Å²) in [6.07, 6.45) is 2.96. The lowest BCUT2D eigenvalue weighted by Gasteiger charge is -2.32. The van der Waals surface area contributed by atoms with Crippen LogP contribution in [0.2, 0.25) is 0 Å². The van der Waals surface area contributed by atoms with E-state index in [1.165, 1.54) is 6.07 Å². The topological polar surface area (TPSA) is 100 Å². The van der Waals surface area contributed by atoms with Crippen LogP contribution in [0, 0.1) is 10.1 Å². The monoisotopic (exact) mass is 341 g/mol. The summed E-state index contributed by atoms with van der Waals surface area (Å²) in [7, 11) is 0. The highest BCUT2D eigenvalue weighted by Crippen LogP contribution is 2.27. The van der Waals surface area contributed by atoms with Gasteiger partial charge >= 0.3 is 11.7 Å². The molecule has 2 heterocycles. The number of hydrogen-bond acceptors (Lipinski definition) is 5. The lowest BCUT2D eigenvalue weighted by atomic mass is 10.1. The Balaban J connectivity index is 1.54. The molecule has 1 aromatic heterocycles. The molecule has 0 spiro atoms. The maximum absolute atomic E-state index is 12.0. The Morgan fingerprint density at radius 1 is 1.16 bits per heavy atom. The van der Waals surface area contributed by atoms with Gasteiger partial charge in [-0.15, -0.1) is 0 Å². The maximum atomic E-state index is 12.0. The van der Waals surface area contributed by atoms with Gasteiger partial charge in [0.2, 0.25) is 5.82 Å². The van der Waals surface area contributed by atoms with E-state index in [0.29, 0.717) is 31.7 Å². The number of hydrogen-bond donors (Lipinski definition) is 2. The molecule has 0 atom stereocenters. The Kier molecular flexibility index (Phi) is 5.08. The van der Waals surface area contributed by atoms with Gasteiger partial charge in [-0.3, -0.25) is 10.1 Å². The summed E-state index contributed by atoms with van der Waals surface area (Å²) in [6, 6.07) is 12.0. The highest BCUT2D eigenvalue weighted by atomic mass is 16.6. The second-order valence-corrected chi connectivity index (χ2v) is 5.83. The van der Waals surface area contributed by atoms with Gasteiger partial charge in [-0.25, -0.2) is 9.78 Å². The summed E-state index contributed by atoms with van der Waals surface area (Å²) in [4.78, 5) is 28.8. The van der Waals surface area contributed by atoms with Gasteiger partial charge in [-0.05, 0) is 31.0 Å². The molecule has 1 saturated heterocycles. The molecule has 0 aliphatic carbocycles. The molecule has 25 heavy (non-hydrogen) atoms. The summed E-state index contributed by atoms with van der Waals surface area (Å²) in [5.74, 6) is 0.389. The van der Waals surface area contributed by atoms with Crippen LogP contribution < -0.4 is 15.5 Å². The Labute approximate surface area is 145 Å². The number of aromatic nitrogens is 1. The van der Waals surface area contributed by atoms with Crippen molar-refractivity contribution in [3.05, 3.63) is 58.8 Å². The molecule has 0 saturated carbocycles. The summed E-state index contributed by atoms with van der Waals surface area (Å²) >= 11 is 0. The number of urea groups is 1. The Hall–Kier alpha value is -3.16. The minimum atomic E-state index is -0.417. The van der Waals surface area contributed by atoms with Gasteiger partial charge in [0.05, 0.1) is 4.92 Å². The molecule has 0 unspecified atom stereocenters. The van der Waals surface area contributed by atoms with Crippen molar-refractivity contribution in [2.24, 2.45) is 0 Å². The van der Waals surface area contributed by atoms with E-state index in [0.717, 1.165) is 5.69 Å². The molecule has 1 aliphatic heterocycles. The zero-order chi connectivity index (χ0) is 17.6. The molecule has 8 heteroatoms. The Morgan fingerprint density at radius 3 is 2.56 bits per heavy atom. The van der Waals surface area contributed by atoms with Gasteiger partial charge in [0.1, 0.15) is 0 Å². The molecule has 0 bridgehead atoms. The van der Waals surface area contributed by atoms with Gasteiger partial charge < -0.3 is 15.5 Å². The third-order valence-electron chi connectivity index (χ3n) is 4.12. The molecule has 1 aliphatic rings. The van der Waals surface area contributed by atoms with Crippen molar-refractivity contribution in [2.75, 3.05) is 23.3 Å². The molecule has 2 amide bonds. The fraction of sp³-hybridized carbons (Fsp3) is 0.294. The molecule has 8 nitrogen and oxygen atoms in total. The van der Waals surface area contributed by atoms with Crippen LogP contribution in [-0.2, 0) is 0 Å². The van der Waals surface area contributed by atoms with Crippen molar-refractivity contribution in [1.29, 1.82) is 0 Å². The van der Waals surface area contributed by atoms with Crippen molar-refractivity contribution in [1.82, 2.24) is 10.3 Å². The van der Waals surface area contributed by atoms with E-state index in [-0.39, 0.29) is 17.8 Å². The first-order valence-corrected chi connectivity index (χ1v) is 8.10. The van der Waals surface area contributed by atoms with Crippen LogP contribution in [0.4, 0.5) is 22.0 Å². The number of nitrogens with one attached hydrogen (secondary N) is 2. The van der Waals surface area contributed by atoms with Crippen LogP contribution >= 0.6 is 0 Å². The van der Waals surface area contributed by atoms with Crippen molar-refractivity contribution in [3.8, 4) is 0 Å². The minimum absolute atomic E-state index is 0.00994. The van der Waals surface area contributed by atoms with Crippen LogP contribution in [0.25, 0.3) is 0 Å². The van der Waals surface area contributed by atoms with Gasteiger partial charge in [0, 0.05) is 37.1 Å². The van der Waals surface area contributed by atoms with Crippen LogP contribution in [0.15, 0.2) is 48.7 Å². The van der Waals surface area contributed by atoms with Crippen LogP contribution in [0.5, 0.6) is 0 Å². The maximum Gasteiger partial charge on any atom is 0.319 e. The van der Waals surface area contributed by atoms with E-state index in [1.54, 1.807) is 12.3 Å². The Morgan fingerprint density at radius 2 is 1.88 bits per heavy atom. The van der Waals surface area contributed by atoms with E-state index >= 15 is 0 Å². The third kappa shape index (κ3) is 4.23. The van der Waals surface area contributed by atoms with Crippen LogP contribution in [0.3, 0.4) is 0 Å². The number of anilines is 2. The standard InChI is InChI=1S/C17H19N5O3/c23-17(19-13-5-2-1-3-6-13)20-14-8-11-21(12-9-14)16-15(22(24)25)7-4-10-18-16/h1-7,10,14H,8-9,11-12H2,(H2,19,20,23). The number of para-hydroxylation sites is 1. The number of benzene rings is 1. The predicted molar refractivity (Wildman–Crippen MR) is 94.7 cm³/mol. The fourth-order valence-corrected chi connectivity index (χ4v) is 2.88. The average Bonchev–Trinajstić information content (AvgIpc) is 2.63. The number of piperidine rings is 1. The lowest BCUT2D eigenvalue weighted by Crippen LogP contribution is -2.46. The molecule has 3 rings (SSSR count). The Bertz CT molecular complexity index is 745. The fourth-order valence-electron chi connectivity index (χ4n) is 2.88. The number of amides is 2. The SMILES string of the molecule is O=C(Nc1ccccc1)NC1CCN(c2ncccc2[N+](=O)[O-])CC1. The summed E-state index contributed by atoms with van der Waals surface area (Å²) in [6.45, 7) is 1.21. The molecule has 130 valence electrons. The van der Waals surface area contributed by atoms with E-state index in [4.69, 9.17) is 0 Å². The third-order valence-corrected chi connectivity index (χ3v) is 4.12. The molecule has 1 aromatic carbocycles. The summed E-state index contributed by atoms with van der Waals surface area (Å²) in [5, 5.41) is 16.9. The minimum Gasteiger partial charge on any atom is -0.351 e. The number of pyridine rings is 1. The number of nitrogens with zero attached hydrogens (tertiary/aromatic N) is 3. The average molecular weight is 341 g/mol. The molecule has 2 aromatic rings. The quantitative estimate of drug-likeness (QED) is 0.658. The molecular weight excluding hydrogens is 322 g/mol. The highest BCUT2D eigenvalue weighted by Gasteiger charge is 2.26. The van der Waals surface area contributed by atoms with Crippen molar-refractivity contribution in [3.63, 3.8) is 0 Å². The summed E-state index contributed by atoms with van der Waals surface area (Å²) < 4.78 is 0. The van der Waals surface area contributed by atoms with Crippen molar-refractivity contribution in [2.45, 2.75) is 18.9 Å². The first-order valence-electron chi connectivity index (χ1n) is 8.10.